The van der Waals surface area contributed by atoms with Crippen molar-refractivity contribution in [3.63, 3.8) is 0 Å². The Balaban J connectivity index is 1.75. The second-order valence-corrected chi connectivity index (χ2v) is 6.94. The summed E-state index contributed by atoms with van der Waals surface area (Å²) in [6.07, 6.45) is 3.19. The van der Waals surface area contributed by atoms with E-state index in [2.05, 4.69) is 15.7 Å². The van der Waals surface area contributed by atoms with Crippen molar-refractivity contribution in [2.24, 2.45) is 0 Å². The number of carbonyl (C=O) groups is 2. The normalized spacial score (nSPS) is 10.9. The Hall–Kier alpha value is -3.38. The van der Waals surface area contributed by atoms with Crippen LogP contribution in [0.1, 0.15) is 23.9 Å². The molecular formula is C22H21ClN4O2. The van der Waals surface area contributed by atoms with Gasteiger partial charge in [-0.2, -0.15) is 5.10 Å². The first-order valence-electron chi connectivity index (χ1n) is 9.03. The Labute approximate surface area is 174 Å². The van der Waals surface area contributed by atoms with E-state index in [4.69, 9.17) is 11.6 Å². The molecule has 0 atom stereocenters. The van der Waals surface area contributed by atoms with E-state index in [1.165, 1.54) is 13.0 Å². The molecule has 2 aromatic carbocycles. The van der Waals surface area contributed by atoms with Crippen LogP contribution in [0.15, 0.2) is 54.6 Å². The Morgan fingerprint density at radius 2 is 1.79 bits per heavy atom. The fraction of sp³-hybridized carbons (Fsp3) is 0.136. The van der Waals surface area contributed by atoms with Gasteiger partial charge >= 0.3 is 0 Å². The van der Waals surface area contributed by atoms with Crippen molar-refractivity contribution in [3.05, 3.63) is 76.6 Å². The van der Waals surface area contributed by atoms with E-state index in [1.807, 2.05) is 48.9 Å². The van der Waals surface area contributed by atoms with Crippen LogP contribution in [0.4, 0.5) is 11.4 Å². The summed E-state index contributed by atoms with van der Waals surface area (Å²) < 4.78 is 1.85. The average Bonchev–Trinajstić information content (AvgIpc) is 2.96. The lowest BCUT2D eigenvalue weighted by Gasteiger charge is -2.08. The van der Waals surface area contributed by atoms with Crippen LogP contribution in [-0.2, 0) is 9.59 Å². The number of hydrogen-bond donors (Lipinski definition) is 2. The maximum atomic E-state index is 12.3. The van der Waals surface area contributed by atoms with E-state index in [-0.39, 0.29) is 11.8 Å². The van der Waals surface area contributed by atoms with Gasteiger partial charge in [0.25, 0.3) is 0 Å². The number of anilines is 2. The highest BCUT2D eigenvalue weighted by Gasteiger charge is 2.11. The van der Waals surface area contributed by atoms with Gasteiger partial charge in [0.1, 0.15) is 0 Å². The number of carbonyl (C=O) groups excluding carboxylic acids is 2. The molecule has 2 N–H and O–H groups in total. The Bertz CT molecular complexity index is 1090. The largest absolute Gasteiger partial charge is 0.326 e. The van der Waals surface area contributed by atoms with Gasteiger partial charge in [-0.05, 0) is 50.3 Å². The van der Waals surface area contributed by atoms with E-state index in [1.54, 1.807) is 24.3 Å². The first-order chi connectivity index (χ1) is 13.8. The van der Waals surface area contributed by atoms with Gasteiger partial charge < -0.3 is 10.6 Å². The molecule has 6 nitrogen and oxygen atoms in total. The van der Waals surface area contributed by atoms with Crippen molar-refractivity contribution < 1.29 is 9.59 Å². The quantitative estimate of drug-likeness (QED) is 0.598. The van der Waals surface area contributed by atoms with Crippen molar-refractivity contribution in [1.29, 1.82) is 0 Å². The van der Waals surface area contributed by atoms with Crippen molar-refractivity contribution in [2.45, 2.75) is 20.8 Å². The smallest absolute Gasteiger partial charge is 0.248 e. The minimum atomic E-state index is -0.314. The van der Waals surface area contributed by atoms with Crippen LogP contribution < -0.4 is 10.6 Å². The lowest BCUT2D eigenvalue weighted by molar-refractivity contribution is -0.114. The van der Waals surface area contributed by atoms with Gasteiger partial charge in [0.05, 0.1) is 22.1 Å². The number of rotatable bonds is 5. The summed E-state index contributed by atoms with van der Waals surface area (Å²) in [5.41, 5.74) is 4.64. The molecule has 3 aromatic rings. The van der Waals surface area contributed by atoms with Crippen LogP contribution in [0, 0.1) is 13.8 Å². The molecule has 0 saturated heterocycles. The minimum absolute atomic E-state index is 0.192. The standard InChI is InChI=1S/C22H21ClN4O2/c1-14-19(15(2)27(26-14)18-7-5-4-6-8-18)10-12-22(29)25-21-11-9-17(13-20(21)23)24-16(3)28/h4-13H,1-3H3,(H,24,28)(H,25,29)/b12-10+. The van der Waals surface area contributed by atoms with Crippen molar-refractivity contribution >= 4 is 40.9 Å². The molecule has 0 bridgehead atoms. The zero-order valence-electron chi connectivity index (χ0n) is 16.4. The zero-order valence-corrected chi connectivity index (χ0v) is 17.1. The molecule has 29 heavy (non-hydrogen) atoms. The molecular weight excluding hydrogens is 388 g/mol. The van der Waals surface area contributed by atoms with E-state index in [0.717, 1.165) is 22.6 Å². The summed E-state index contributed by atoms with van der Waals surface area (Å²) in [6, 6.07) is 14.7. The summed E-state index contributed by atoms with van der Waals surface area (Å²) in [4.78, 5) is 23.5. The molecule has 148 valence electrons. The van der Waals surface area contributed by atoms with Crippen molar-refractivity contribution in [1.82, 2.24) is 9.78 Å². The minimum Gasteiger partial charge on any atom is -0.326 e. The van der Waals surface area contributed by atoms with Crippen molar-refractivity contribution in [3.8, 4) is 5.69 Å². The average molecular weight is 409 g/mol. The molecule has 0 aliphatic carbocycles. The number of halogens is 1. The van der Waals surface area contributed by atoms with Gasteiger partial charge in [0, 0.05) is 29.9 Å². The summed E-state index contributed by atoms with van der Waals surface area (Å²) in [5, 5.41) is 10.3. The number of para-hydroxylation sites is 1. The maximum Gasteiger partial charge on any atom is 0.248 e. The number of amides is 2. The van der Waals surface area contributed by atoms with Gasteiger partial charge in [-0.1, -0.05) is 29.8 Å². The summed E-state index contributed by atoms with van der Waals surface area (Å²) in [5.74, 6) is -0.506. The predicted octanol–water partition coefficient (Wildman–Crippen LogP) is 4.75. The number of benzene rings is 2. The topological polar surface area (TPSA) is 76.0 Å². The summed E-state index contributed by atoms with van der Waals surface area (Å²) in [6.45, 7) is 5.28. The number of nitrogens with zero attached hydrogens (tertiary/aromatic N) is 2. The van der Waals surface area contributed by atoms with E-state index >= 15 is 0 Å². The lowest BCUT2D eigenvalue weighted by Crippen LogP contribution is -2.09. The second-order valence-electron chi connectivity index (χ2n) is 6.53. The maximum absolute atomic E-state index is 12.3. The second kappa shape index (κ2) is 8.75. The highest BCUT2D eigenvalue weighted by atomic mass is 35.5. The molecule has 3 rings (SSSR count). The van der Waals surface area contributed by atoms with Crippen LogP contribution in [0.2, 0.25) is 5.02 Å². The first kappa shape index (κ1) is 20.4. The molecule has 0 aliphatic rings. The number of nitrogens with one attached hydrogen (secondary N) is 2. The van der Waals surface area contributed by atoms with Crippen LogP contribution in [0.25, 0.3) is 11.8 Å². The molecule has 0 radical (unpaired) electrons. The molecule has 0 saturated carbocycles. The van der Waals surface area contributed by atoms with Crippen molar-refractivity contribution in [2.75, 3.05) is 10.6 Å². The zero-order chi connectivity index (χ0) is 21.0. The molecule has 7 heteroatoms. The molecule has 2 amide bonds. The van der Waals surface area contributed by atoms with E-state index in [9.17, 15) is 9.59 Å². The summed E-state index contributed by atoms with van der Waals surface area (Å²) >= 11 is 6.19. The highest BCUT2D eigenvalue weighted by Crippen LogP contribution is 2.26. The lowest BCUT2D eigenvalue weighted by atomic mass is 10.2. The van der Waals surface area contributed by atoms with Gasteiger partial charge in [0.2, 0.25) is 11.8 Å². The molecule has 0 fully saturated rings. The number of hydrogen-bond acceptors (Lipinski definition) is 3. The molecule has 0 spiro atoms. The van der Waals surface area contributed by atoms with E-state index in [0.29, 0.717) is 16.4 Å². The Morgan fingerprint density at radius 3 is 2.45 bits per heavy atom. The fourth-order valence-corrected chi connectivity index (χ4v) is 3.18. The van der Waals surface area contributed by atoms with Gasteiger partial charge in [0.15, 0.2) is 0 Å². The fourth-order valence-electron chi connectivity index (χ4n) is 2.95. The molecule has 0 unspecified atom stereocenters. The first-order valence-corrected chi connectivity index (χ1v) is 9.41. The molecule has 1 aromatic heterocycles. The SMILES string of the molecule is CC(=O)Nc1ccc(NC(=O)/C=C/c2c(C)nn(-c3ccccc3)c2C)c(Cl)c1. The van der Waals surface area contributed by atoms with E-state index < -0.39 is 0 Å². The van der Waals surface area contributed by atoms with Crippen LogP contribution in [-0.4, -0.2) is 21.6 Å². The number of aryl methyl sites for hydroxylation is 1. The number of aromatic nitrogens is 2. The highest BCUT2D eigenvalue weighted by molar-refractivity contribution is 6.34. The van der Waals surface area contributed by atoms with Gasteiger partial charge in [-0.25, -0.2) is 4.68 Å². The Morgan fingerprint density at radius 1 is 1.07 bits per heavy atom. The third-order valence-corrected chi connectivity index (χ3v) is 4.61. The summed E-state index contributed by atoms with van der Waals surface area (Å²) in [7, 11) is 0. The Kier molecular flexibility index (Phi) is 6.14. The molecule has 0 aliphatic heterocycles. The monoisotopic (exact) mass is 408 g/mol. The van der Waals surface area contributed by atoms with Gasteiger partial charge in [-0.15, -0.1) is 0 Å². The van der Waals surface area contributed by atoms with Crippen LogP contribution >= 0.6 is 11.6 Å². The third-order valence-electron chi connectivity index (χ3n) is 4.30. The van der Waals surface area contributed by atoms with Gasteiger partial charge in [-0.3, -0.25) is 9.59 Å². The predicted molar refractivity (Wildman–Crippen MR) is 116 cm³/mol. The molecule has 1 heterocycles. The van der Waals surface area contributed by atoms with Crippen LogP contribution in [0.5, 0.6) is 0 Å². The van der Waals surface area contributed by atoms with Crippen LogP contribution in [0.3, 0.4) is 0 Å². The third kappa shape index (κ3) is 4.92.